The Hall–Kier alpha value is -3.10. The molecule has 0 aliphatic heterocycles. The summed E-state index contributed by atoms with van der Waals surface area (Å²) in [6.07, 6.45) is 4.01. The highest BCUT2D eigenvalue weighted by molar-refractivity contribution is 5.92. The summed E-state index contributed by atoms with van der Waals surface area (Å²) in [5.41, 5.74) is 3.19. The highest BCUT2D eigenvalue weighted by Crippen LogP contribution is 2.48. The number of rotatable bonds is 6. The van der Waals surface area contributed by atoms with Gasteiger partial charge in [0.25, 0.3) is 0 Å². The molecule has 1 fully saturated rings. The second-order valence-corrected chi connectivity index (χ2v) is 8.11. The number of hydrogen-bond donors (Lipinski definition) is 4. The van der Waals surface area contributed by atoms with Crippen LogP contribution >= 0.6 is 0 Å². The molecule has 160 valence electrons. The van der Waals surface area contributed by atoms with Gasteiger partial charge in [-0.3, -0.25) is 10.4 Å². The molecule has 8 heteroatoms. The van der Waals surface area contributed by atoms with Crippen LogP contribution in [0.25, 0.3) is 22.2 Å². The third-order valence-corrected chi connectivity index (χ3v) is 6.08. The summed E-state index contributed by atoms with van der Waals surface area (Å²) in [5, 5.41) is 20.3. The van der Waals surface area contributed by atoms with Crippen molar-refractivity contribution >= 4 is 10.9 Å². The highest BCUT2D eigenvalue weighted by atomic mass is 19.1. The molecule has 1 saturated carbocycles. The molecule has 2 aromatic heterocycles. The molecule has 0 amide bonds. The monoisotopic (exact) mass is 426 g/mol. The molecule has 4 aromatic rings. The van der Waals surface area contributed by atoms with E-state index in [4.69, 9.17) is 0 Å². The van der Waals surface area contributed by atoms with Crippen LogP contribution in [0.15, 0.2) is 48.8 Å². The Balaban J connectivity index is 1.40. The molecule has 0 radical (unpaired) electrons. The largest absolute Gasteiger partial charge is 0.374 e. The van der Waals surface area contributed by atoms with Gasteiger partial charge in [-0.25, -0.2) is 13.2 Å². The zero-order chi connectivity index (χ0) is 21.5. The fraction of sp³-hybridized carbons (Fsp3) is 0.261. The number of benzene rings is 2. The second-order valence-electron chi connectivity index (χ2n) is 8.11. The molecule has 1 aliphatic carbocycles. The van der Waals surface area contributed by atoms with E-state index in [9.17, 15) is 18.3 Å². The number of fused-ring (bicyclic) bond motifs is 1. The lowest BCUT2D eigenvalue weighted by atomic mass is 9.70. The fourth-order valence-corrected chi connectivity index (χ4v) is 4.45. The summed E-state index contributed by atoms with van der Waals surface area (Å²) in [6, 6.07) is 8.19. The summed E-state index contributed by atoms with van der Waals surface area (Å²) in [7, 11) is 0. The van der Waals surface area contributed by atoms with Crippen molar-refractivity contribution in [3.8, 4) is 11.3 Å². The van der Waals surface area contributed by atoms with Crippen LogP contribution < -0.4 is 5.32 Å². The number of aromatic nitrogens is 3. The van der Waals surface area contributed by atoms with E-state index in [1.54, 1.807) is 24.5 Å². The molecule has 31 heavy (non-hydrogen) atoms. The zero-order valence-corrected chi connectivity index (χ0v) is 16.5. The first kappa shape index (κ1) is 19.8. The first-order valence-corrected chi connectivity index (χ1v) is 10.2. The van der Waals surface area contributed by atoms with Gasteiger partial charge in [-0.2, -0.15) is 5.10 Å². The topological polar surface area (TPSA) is 76.7 Å². The summed E-state index contributed by atoms with van der Waals surface area (Å²) in [5.74, 6) is -1.21. The van der Waals surface area contributed by atoms with Gasteiger partial charge in [0.2, 0.25) is 0 Å². The van der Waals surface area contributed by atoms with Gasteiger partial charge in [-0.1, -0.05) is 0 Å². The summed E-state index contributed by atoms with van der Waals surface area (Å²) in [6.45, 7) is 0.611. The Morgan fingerprint density at radius 2 is 1.87 bits per heavy atom. The molecular weight excluding hydrogens is 405 g/mol. The van der Waals surface area contributed by atoms with Gasteiger partial charge < -0.3 is 10.1 Å². The van der Waals surface area contributed by atoms with Crippen molar-refractivity contribution in [2.45, 2.75) is 25.0 Å². The van der Waals surface area contributed by atoms with Crippen LogP contribution in [0.2, 0.25) is 0 Å². The van der Waals surface area contributed by atoms with Crippen LogP contribution in [0.5, 0.6) is 0 Å². The number of H-pyrrole nitrogens is 2. The lowest BCUT2D eigenvalue weighted by Crippen LogP contribution is -2.34. The molecule has 2 aromatic carbocycles. The van der Waals surface area contributed by atoms with Crippen molar-refractivity contribution in [3.05, 3.63) is 77.4 Å². The minimum absolute atomic E-state index is 0.105. The molecule has 1 atom stereocenters. The van der Waals surface area contributed by atoms with Crippen LogP contribution in [0.4, 0.5) is 13.2 Å². The second kappa shape index (κ2) is 7.86. The summed E-state index contributed by atoms with van der Waals surface area (Å²) < 4.78 is 41.9. The third-order valence-electron chi connectivity index (χ3n) is 6.08. The molecule has 1 unspecified atom stereocenters. The fourth-order valence-electron chi connectivity index (χ4n) is 4.45. The maximum atomic E-state index is 14.4. The van der Waals surface area contributed by atoms with Crippen molar-refractivity contribution in [2.24, 2.45) is 5.92 Å². The van der Waals surface area contributed by atoms with Gasteiger partial charge in [0.05, 0.1) is 17.4 Å². The number of nitrogens with one attached hydrogen (secondary N) is 3. The van der Waals surface area contributed by atoms with Crippen LogP contribution in [0, 0.1) is 23.4 Å². The average molecular weight is 426 g/mol. The van der Waals surface area contributed by atoms with E-state index in [2.05, 4.69) is 20.5 Å². The van der Waals surface area contributed by atoms with E-state index in [-0.39, 0.29) is 17.3 Å². The van der Waals surface area contributed by atoms with Crippen LogP contribution in [0.1, 0.15) is 36.1 Å². The smallest absolute Gasteiger partial charge is 0.150 e. The first-order chi connectivity index (χ1) is 15.0. The molecule has 5 rings (SSSR count). The van der Waals surface area contributed by atoms with Crippen LogP contribution in [0.3, 0.4) is 0 Å². The SMILES string of the molecule is OC(NCC1CC(c2c(-c3ccc(F)cc3)[nH]c3c(F)cc(F)cc23)C1)c1cn[nH]c1. The molecule has 0 spiro atoms. The van der Waals surface area contributed by atoms with E-state index < -0.39 is 17.9 Å². The van der Waals surface area contributed by atoms with Crippen LogP contribution in [-0.4, -0.2) is 26.8 Å². The minimum atomic E-state index is -0.802. The summed E-state index contributed by atoms with van der Waals surface area (Å²) in [4.78, 5) is 3.10. The molecule has 0 saturated heterocycles. The average Bonchev–Trinajstić information content (AvgIpc) is 3.36. The lowest BCUT2D eigenvalue weighted by molar-refractivity contribution is 0.119. The van der Waals surface area contributed by atoms with E-state index >= 15 is 0 Å². The van der Waals surface area contributed by atoms with Gasteiger partial charge in [0.1, 0.15) is 23.7 Å². The standard InChI is InChI=1S/C23H21F3N4O/c24-16-3-1-13(2-4-16)21-20(18-7-17(25)8-19(26)22(18)30-21)14-5-12(6-14)9-27-23(31)15-10-28-29-11-15/h1-4,7-8,10-12,14,23,27,30-31H,5-6,9H2,(H,28,29). The van der Waals surface area contributed by atoms with Gasteiger partial charge in [-0.05, 0) is 66.1 Å². The van der Waals surface area contributed by atoms with Crippen molar-refractivity contribution in [3.63, 3.8) is 0 Å². The Labute approximate surface area is 176 Å². The summed E-state index contributed by atoms with van der Waals surface area (Å²) >= 11 is 0. The quantitative estimate of drug-likeness (QED) is 0.336. The molecule has 0 bridgehead atoms. The molecule has 2 heterocycles. The van der Waals surface area contributed by atoms with E-state index in [1.807, 2.05) is 0 Å². The normalized spacial score (nSPS) is 19.5. The Morgan fingerprint density at radius 1 is 1.10 bits per heavy atom. The number of aliphatic hydroxyl groups is 1. The number of hydrogen-bond acceptors (Lipinski definition) is 3. The number of aliphatic hydroxyl groups excluding tert-OH is 1. The van der Waals surface area contributed by atoms with Crippen LogP contribution in [-0.2, 0) is 0 Å². The Bertz CT molecular complexity index is 1200. The van der Waals surface area contributed by atoms with Gasteiger partial charge in [0, 0.05) is 29.8 Å². The Kier molecular flexibility index (Phi) is 5.03. The molecule has 5 nitrogen and oxygen atoms in total. The van der Waals surface area contributed by atoms with Crippen molar-refractivity contribution < 1.29 is 18.3 Å². The molecule has 1 aliphatic rings. The van der Waals surface area contributed by atoms with Gasteiger partial charge >= 0.3 is 0 Å². The van der Waals surface area contributed by atoms with Crippen molar-refractivity contribution in [1.29, 1.82) is 0 Å². The number of aromatic amines is 2. The van der Waals surface area contributed by atoms with Gasteiger partial charge in [0.15, 0.2) is 0 Å². The number of nitrogens with zero attached hydrogens (tertiary/aromatic N) is 1. The van der Waals surface area contributed by atoms with Crippen molar-refractivity contribution in [1.82, 2.24) is 20.5 Å². The maximum Gasteiger partial charge on any atom is 0.150 e. The van der Waals surface area contributed by atoms with Gasteiger partial charge in [-0.15, -0.1) is 0 Å². The zero-order valence-electron chi connectivity index (χ0n) is 16.5. The van der Waals surface area contributed by atoms with E-state index in [1.165, 1.54) is 18.2 Å². The minimum Gasteiger partial charge on any atom is -0.374 e. The highest BCUT2D eigenvalue weighted by Gasteiger charge is 2.34. The van der Waals surface area contributed by atoms with Crippen molar-refractivity contribution in [2.75, 3.05) is 6.54 Å². The lowest BCUT2D eigenvalue weighted by Gasteiger charge is -2.36. The predicted octanol–water partition coefficient (Wildman–Crippen LogP) is 4.75. The van der Waals surface area contributed by atoms with E-state index in [0.717, 1.165) is 30.0 Å². The number of halogens is 3. The first-order valence-electron chi connectivity index (χ1n) is 10.2. The third kappa shape index (κ3) is 3.73. The maximum absolute atomic E-state index is 14.4. The Morgan fingerprint density at radius 3 is 2.58 bits per heavy atom. The molecular formula is C23H21F3N4O. The predicted molar refractivity (Wildman–Crippen MR) is 111 cm³/mol. The molecule has 4 N–H and O–H groups in total. The van der Waals surface area contributed by atoms with E-state index in [0.29, 0.717) is 29.1 Å².